The number of alkyl halides is 6. The molecule has 27 heteroatoms. The maximum atomic E-state index is 13.1. The predicted molar refractivity (Wildman–Crippen MR) is 237 cm³/mol. The predicted octanol–water partition coefficient (Wildman–Crippen LogP) is 10.9. The summed E-state index contributed by atoms with van der Waals surface area (Å²) < 4.78 is 170. The van der Waals surface area contributed by atoms with Crippen molar-refractivity contribution < 1.29 is 89.3 Å². The number of hydrogen-bond donors (Lipinski definition) is 0. The minimum Gasteiger partial charge on any atom is -0.741 e. The van der Waals surface area contributed by atoms with Crippen LogP contribution in [0.15, 0.2) is 153 Å². The summed E-state index contributed by atoms with van der Waals surface area (Å²) in [5, 5.41) is 14.6. The second-order valence-electron chi connectivity index (χ2n) is 12.2. The third-order valence-electron chi connectivity index (χ3n) is 6.77. The molecule has 0 saturated carbocycles. The van der Waals surface area contributed by atoms with Gasteiger partial charge in [-0.15, -0.1) is 0 Å². The second-order valence-corrected chi connectivity index (χ2v) is 14.9. The standard InChI is InChI=1S/2C19H13F2N3.2C2H3N.2CHF3O3S.Zn/c2*20-14-4-1-6-16(10-14)22-12-18-8-3-9-19(24-18)13-23-17-7-2-5-15(21)11-17;2*1-2-3;2*2-1(3,4)8(5,6)7;/h2*1-13H;2*1H3;2*(H,5,6,7);/q;;;;;;+2/p-2. The number of nitriles is 2. The summed E-state index contributed by atoms with van der Waals surface area (Å²) in [7, 11) is -12.2. The fraction of sp³-hybridized carbons (Fsp3) is 0.0909. The Balaban J connectivity index is 0.000000971. The summed E-state index contributed by atoms with van der Waals surface area (Å²) >= 11 is 0. The van der Waals surface area contributed by atoms with Crippen LogP contribution in [-0.2, 0) is 39.7 Å². The van der Waals surface area contributed by atoms with Crippen LogP contribution in [-0.4, -0.2) is 71.8 Å². The zero-order valence-electron chi connectivity index (χ0n) is 36.3. The van der Waals surface area contributed by atoms with E-state index >= 15 is 0 Å². The average Bonchev–Trinajstić information content (AvgIpc) is 3.27. The Bertz CT molecular complexity index is 2710. The Hall–Kier alpha value is -7.42. The zero-order chi connectivity index (χ0) is 53.0. The molecule has 0 fully saturated rings. The van der Waals surface area contributed by atoms with E-state index in [4.69, 9.17) is 36.5 Å². The molecule has 0 bridgehead atoms. The van der Waals surface area contributed by atoms with Gasteiger partial charge in [0.15, 0.2) is 20.2 Å². The zero-order valence-corrected chi connectivity index (χ0v) is 40.9. The maximum absolute atomic E-state index is 13.1. The van der Waals surface area contributed by atoms with Crippen molar-refractivity contribution in [2.75, 3.05) is 0 Å². The quantitative estimate of drug-likeness (QED) is 0.0459. The van der Waals surface area contributed by atoms with Crippen molar-refractivity contribution >= 4 is 67.8 Å². The van der Waals surface area contributed by atoms with E-state index in [9.17, 15) is 43.9 Å². The number of aliphatic imine (C=N–C) groups is 4. The number of benzene rings is 4. The molecule has 6 aromatic rings. The van der Waals surface area contributed by atoms with Gasteiger partial charge in [0.05, 0.1) is 82.5 Å². The molecule has 0 amide bonds. The smallest absolute Gasteiger partial charge is 0.741 e. The first kappa shape index (κ1) is 63.6. The average molecular weight is 1090 g/mol. The molecule has 14 nitrogen and oxygen atoms in total. The van der Waals surface area contributed by atoms with E-state index in [1.807, 2.05) is 12.1 Å². The summed E-state index contributed by atoms with van der Waals surface area (Å²) in [5.41, 5.74) is -6.80. The van der Waals surface area contributed by atoms with Crippen LogP contribution >= 0.6 is 0 Å². The van der Waals surface area contributed by atoms with Crippen LogP contribution in [0.5, 0.6) is 0 Å². The molecule has 6 rings (SSSR count). The monoisotopic (exact) mass is 1090 g/mol. The number of rotatable bonds is 8. The molecule has 0 aliphatic rings. The molecule has 71 heavy (non-hydrogen) atoms. The third-order valence-corrected chi connectivity index (χ3v) is 7.90. The molecule has 0 spiro atoms. The Labute approximate surface area is 412 Å². The summed E-state index contributed by atoms with van der Waals surface area (Å²) in [6.07, 6.45) is 6.20. The Morgan fingerprint density at radius 3 is 0.775 bits per heavy atom. The van der Waals surface area contributed by atoms with E-state index in [0.29, 0.717) is 45.5 Å². The van der Waals surface area contributed by atoms with E-state index in [1.165, 1.54) is 62.4 Å². The molecule has 0 atom stereocenters. The number of aromatic nitrogens is 2. The van der Waals surface area contributed by atoms with Crippen LogP contribution in [0.4, 0.5) is 66.7 Å². The van der Waals surface area contributed by atoms with Gasteiger partial charge in [-0.3, -0.25) is 20.0 Å². The van der Waals surface area contributed by atoms with E-state index in [-0.39, 0.29) is 42.7 Å². The number of halogens is 10. The molecule has 0 saturated heterocycles. The van der Waals surface area contributed by atoms with Gasteiger partial charge in [0.1, 0.15) is 23.3 Å². The van der Waals surface area contributed by atoms with Crippen LogP contribution < -0.4 is 0 Å². The SMILES string of the molecule is CC#N.CC#N.Fc1cccc(N=Cc2cccc(C=Nc3cccc(F)c3)n2)c1.Fc1cccc(N=Cc2cccc(C=Nc3cccc(F)c3)n2)c1.O=S(=O)([O-])C(F)(F)F.O=S(=O)([O-])C(F)(F)F.[Zn+2]. The third kappa shape index (κ3) is 28.0. The van der Waals surface area contributed by atoms with Crippen LogP contribution in [0, 0.1) is 45.9 Å². The first-order valence-corrected chi connectivity index (χ1v) is 21.3. The van der Waals surface area contributed by atoms with E-state index in [0.717, 1.165) is 0 Å². The number of hydrogen-bond acceptors (Lipinski definition) is 14. The normalized spacial score (nSPS) is 11.1. The van der Waals surface area contributed by atoms with Crippen molar-refractivity contribution in [3.8, 4) is 12.1 Å². The van der Waals surface area contributed by atoms with Crippen molar-refractivity contribution in [3.63, 3.8) is 0 Å². The van der Waals surface area contributed by atoms with E-state index < -0.39 is 31.3 Å². The summed E-state index contributed by atoms with van der Waals surface area (Å²) in [4.78, 5) is 25.5. The van der Waals surface area contributed by atoms with Gasteiger partial charge in [-0.1, -0.05) is 36.4 Å². The molecular weight excluding hydrogens is 1060 g/mol. The summed E-state index contributed by atoms with van der Waals surface area (Å²) in [6.45, 7) is 2.86. The minimum atomic E-state index is -6.09. The van der Waals surface area contributed by atoms with Crippen LogP contribution in [0.2, 0.25) is 0 Å². The molecule has 368 valence electrons. The van der Waals surface area contributed by atoms with Gasteiger partial charge in [-0.05, 0) is 97.1 Å². The summed E-state index contributed by atoms with van der Waals surface area (Å²) in [6, 6.07) is 38.2. The van der Waals surface area contributed by atoms with Gasteiger partial charge in [0, 0.05) is 13.8 Å². The molecule has 4 aromatic carbocycles. The summed E-state index contributed by atoms with van der Waals surface area (Å²) in [5.74, 6) is -1.36. The van der Waals surface area contributed by atoms with Crippen molar-refractivity contribution in [3.05, 3.63) is 180 Å². The van der Waals surface area contributed by atoms with Crippen LogP contribution in [0.1, 0.15) is 36.6 Å². The topological polar surface area (TPSA) is 237 Å². The molecule has 2 aromatic heterocycles. The molecule has 0 unspecified atom stereocenters. The van der Waals surface area contributed by atoms with Gasteiger partial charge in [-0.25, -0.2) is 44.4 Å². The van der Waals surface area contributed by atoms with Crippen molar-refractivity contribution in [2.24, 2.45) is 20.0 Å². The van der Waals surface area contributed by atoms with Crippen molar-refractivity contribution in [1.29, 1.82) is 10.5 Å². The molecule has 0 N–H and O–H groups in total. The Morgan fingerprint density at radius 1 is 0.451 bits per heavy atom. The molecule has 2 heterocycles. The van der Waals surface area contributed by atoms with Gasteiger partial charge < -0.3 is 9.11 Å². The molecule has 0 aliphatic heterocycles. The Kier molecular flexibility index (Phi) is 28.4. The number of nitrogens with zero attached hydrogens (tertiary/aromatic N) is 8. The molecule has 0 aliphatic carbocycles. The largest absolute Gasteiger partial charge is 2.00 e. The van der Waals surface area contributed by atoms with Gasteiger partial charge in [0.25, 0.3) is 0 Å². The first-order valence-electron chi connectivity index (χ1n) is 18.5. The second kappa shape index (κ2) is 31.7. The van der Waals surface area contributed by atoms with Crippen molar-refractivity contribution in [2.45, 2.75) is 24.9 Å². The van der Waals surface area contributed by atoms with Gasteiger partial charge >= 0.3 is 30.5 Å². The molecular formula is C44H32F10N8O6S2Zn. The molecule has 0 radical (unpaired) electrons. The fourth-order valence-electron chi connectivity index (χ4n) is 4.01. The first-order chi connectivity index (χ1) is 32.7. The van der Waals surface area contributed by atoms with Gasteiger partial charge in [-0.2, -0.15) is 36.9 Å². The Morgan fingerprint density at radius 2 is 0.620 bits per heavy atom. The van der Waals surface area contributed by atoms with Crippen LogP contribution in [0.25, 0.3) is 0 Å². The van der Waals surface area contributed by atoms with E-state index in [1.54, 1.807) is 110 Å². The van der Waals surface area contributed by atoms with Crippen LogP contribution in [0.3, 0.4) is 0 Å². The number of pyridine rings is 2. The van der Waals surface area contributed by atoms with Gasteiger partial charge in [0.2, 0.25) is 0 Å². The maximum Gasteiger partial charge on any atom is 2.00 e. The van der Waals surface area contributed by atoms with Crippen molar-refractivity contribution in [1.82, 2.24) is 9.97 Å². The fourth-order valence-corrected chi connectivity index (χ4v) is 4.01. The van der Waals surface area contributed by atoms with E-state index in [2.05, 4.69) is 29.9 Å². The minimum absolute atomic E-state index is 0.